The molecule has 3 nitrogen and oxygen atoms in total. The molecule has 1 rings (SSSR count). The van der Waals surface area contributed by atoms with Gasteiger partial charge in [0.2, 0.25) is 0 Å². The molecule has 1 aromatic rings. The fraction of sp³-hybridized carbons (Fsp3) is 0.250. The SMILES string of the molecule is O=[N+]([O-])c1cccc(CC(Cl)(Cl)Cl)c1. The number of nitrogens with zero attached hydrogens (tertiary/aromatic N) is 1. The molecular weight excluding hydrogens is 248 g/mol. The predicted octanol–water partition coefficient (Wildman–Crippen LogP) is 3.51. The van der Waals surface area contributed by atoms with Crippen molar-refractivity contribution in [3.8, 4) is 0 Å². The van der Waals surface area contributed by atoms with Gasteiger partial charge in [0.1, 0.15) is 0 Å². The monoisotopic (exact) mass is 253 g/mol. The number of hydrogen-bond donors (Lipinski definition) is 0. The quantitative estimate of drug-likeness (QED) is 0.460. The van der Waals surface area contributed by atoms with Crippen molar-refractivity contribution in [2.75, 3.05) is 0 Å². The number of nitro benzene ring substituents is 1. The average Bonchev–Trinajstić information content (AvgIpc) is 2.01. The van der Waals surface area contributed by atoms with Gasteiger partial charge < -0.3 is 0 Å². The van der Waals surface area contributed by atoms with Crippen molar-refractivity contribution in [1.29, 1.82) is 0 Å². The molecule has 0 bridgehead atoms. The van der Waals surface area contributed by atoms with Crippen LogP contribution in [0.2, 0.25) is 0 Å². The highest BCUT2D eigenvalue weighted by Crippen LogP contribution is 2.31. The van der Waals surface area contributed by atoms with Crippen molar-refractivity contribution < 1.29 is 4.92 Å². The van der Waals surface area contributed by atoms with Gasteiger partial charge in [0.25, 0.3) is 5.69 Å². The summed E-state index contributed by atoms with van der Waals surface area (Å²) in [7, 11) is 0. The minimum atomic E-state index is -1.42. The number of nitro groups is 1. The number of alkyl halides is 3. The summed E-state index contributed by atoms with van der Waals surface area (Å²) >= 11 is 16.7. The Kier molecular flexibility index (Phi) is 3.59. The van der Waals surface area contributed by atoms with Crippen LogP contribution in [0.4, 0.5) is 5.69 Å². The molecule has 0 saturated heterocycles. The van der Waals surface area contributed by atoms with Crippen LogP contribution in [0.25, 0.3) is 0 Å². The Morgan fingerprint density at radius 3 is 2.50 bits per heavy atom. The van der Waals surface area contributed by atoms with Crippen molar-refractivity contribution in [2.45, 2.75) is 10.2 Å². The summed E-state index contributed by atoms with van der Waals surface area (Å²) in [6, 6.07) is 6.02. The van der Waals surface area contributed by atoms with E-state index in [-0.39, 0.29) is 12.1 Å². The van der Waals surface area contributed by atoms with E-state index in [4.69, 9.17) is 34.8 Å². The maximum absolute atomic E-state index is 10.4. The molecule has 0 aliphatic heterocycles. The molecule has 0 saturated carbocycles. The van der Waals surface area contributed by atoms with Crippen LogP contribution in [0.15, 0.2) is 24.3 Å². The summed E-state index contributed by atoms with van der Waals surface area (Å²) in [6.07, 6.45) is 0.152. The fourth-order valence-electron chi connectivity index (χ4n) is 1.01. The van der Waals surface area contributed by atoms with Gasteiger partial charge in [-0.25, -0.2) is 0 Å². The first-order valence-corrected chi connectivity index (χ1v) is 4.82. The summed E-state index contributed by atoms with van der Waals surface area (Å²) in [4.78, 5) is 9.94. The summed E-state index contributed by atoms with van der Waals surface area (Å²) in [5.41, 5.74) is 0.621. The van der Waals surface area contributed by atoms with Crippen molar-refractivity contribution in [3.63, 3.8) is 0 Å². The smallest absolute Gasteiger partial charge is 0.258 e. The largest absolute Gasteiger partial charge is 0.269 e. The van der Waals surface area contributed by atoms with Crippen LogP contribution in [0.1, 0.15) is 5.56 Å². The Balaban J connectivity index is 2.89. The standard InChI is InChI=1S/C8H6Cl3NO2/c9-8(10,11)5-6-2-1-3-7(4-6)12(13)14/h1-4H,5H2. The summed E-state index contributed by atoms with van der Waals surface area (Å²) in [6.45, 7) is 0. The second-order valence-corrected chi connectivity index (χ2v) is 5.24. The zero-order valence-electron chi connectivity index (χ0n) is 6.91. The first-order chi connectivity index (χ1) is 6.38. The van der Waals surface area contributed by atoms with Crippen molar-refractivity contribution in [2.24, 2.45) is 0 Å². The minimum absolute atomic E-state index is 0.00301. The highest BCUT2D eigenvalue weighted by molar-refractivity contribution is 6.67. The molecule has 6 heteroatoms. The van der Waals surface area contributed by atoms with Gasteiger partial charge in [0.05, 0.1) is 4.92 Å². The van der Waals surface area contributed by atoms with Gasteiger partial charge in [-0.1, -0.05) is 46.9 Å². The molecule has 0 atom stereocenters. The van der Waals surface area contributed by atoms with E-state index in [0.29, 0.717) is 5.56 Å². The third-order valence-corrected chi connectivity index (χ3v) is 1.93. The second kappa shape index (κ2) is 4.34. The van der Waals surface area contributed by atoms with E-state index in [0.717, 1.165) is 0 Å². The first-order valence-electron chi connectivity index (χ1n) is 3.68. The van der Waals surface area contributed by atoms with Crippen molar-refractivity contribution in [3.05, 3.63) is 39.9 Å². The Labute approximate surface area is 95.7 Å². The Morgan fingerprint density at radius 2 is 2.00 bits per heavy atom. The van der Waals surface area contributed by atoms with Crippen LogP contribution in [-0.4, -0.2) is 8.72 Å². The van der Waals surface area contributed by atoms with Crippen LogP contribution in [0, 0.1) is 10.1 Å². The second-order valence-electron chi connectivity index (χ2n) is 2.72. The van der Waals surface area contributed by atoms with E-state index in [2.05, 4.69) is 0 Å². The van der Waals surface area contributed by atoms with Gasteiger partial charge in [0, 0.05) is 18.6 Å². The Morgan fingerprint density at radius 1 is 1.36 bits per heavy atom. The topological polar surface area (TPSA) is 43.1 Å². The van der Waals surface area contributed by atoms with Crippen LogP contribution in [-0.2, 0) is 6.42 Å². The number of benzene rings is 1. The molecule has 0 radical (unpaired) electrons. The lowest BCUT2D eigenvalue weighted by Gasteiger charge is -2.09. The normalized spacial score (nSPS) is 11.4. The third-order valence-electron chi connectivity index (χ3n) is 1.53. The molecule has 0 aliphatic carbocycles. The van der Waals surface area contributed by atoms with Crippen molar-refractivity contribution >= 4 is 40.5 Å². The van der Waals surface area contributed by atoms with E-state index in [1.807, 2.05) is 0 Å². The number of halogens is 3. The Hall–Kier alpha value is -0.510. The summed E-state index contributed by atoms with van der Waals surface area (Å²) < 4.78 is -1.42. The molecule has 0 spiro atoms. The summed E-state index contributed by atoms with van der Waals surface area (Å²) in [5, 5.41) is 10.4. The molecule has 0 heterocycles. The lowest BCUT2D eigenvalue weighted by Crippen LogP contribution is -2.06. The van der Waals surface area contributed by atoms with Gasteiger partial charge in [-0.3, -0.25) is 10.1 Å². The van der Waals surface area contributed by atoms with Gasteiger partial charge in [-0.2, -0.15) is 0 Å². The number of hydrogen-bond acceptors (Lipinski definition) is 2. The van der Waals surface area contributed by atoms with Gasteiger partial charge in [0.15, 0.2) is 3.79 Å². The van der Waals surface area contributed by atoms with Gasteiger partial charge in [-0.15, -0.1) is 0 Å². The van der Waals surface area contributed by atoms with Crippen LogP contribution in [0.3, 0.4) is 0 Å². The molecule has 0 aliphatic rings. The molecule has 14 heavy (non-hydrogen) atoms. The molecule has 76 valence electrons. The Bertz CT molecular complexity index is 349. The van der Waals surface area contributed by atoms with Crippen molar-refractivity contribution in [1.82, 2.24) is 0 Å². The highest BCUT2D eigenvalue weighted by atomic mass is 35.6. The van der Waals surface area contributed by atoms with E-state index in [1.165, 1.54) is 12.1 Å². The molecule has 0 aromatic heterocycles. The third kappa shape index (κ3) is 3.70. The number of non-ortho nitro benzene ring substituents is 1. The predicted molar refractivity (Wildman–Crippen MR) is 57.1 cm³/mol. The molecule has 0 amide bonds. The lowest BCUT2D eigenvalue weighted by atomic mass is 10.1. The van der Waals surface area contributed by atoms with Gasteiger partial charge in [-0.05, 0) is 5.56 Å². The minimum Gasteiger partial charge on any atom is -0.258 e. The zero-order chi connectivity index (χ0) is 10.8. The molecule has 0 fully saturated rings. The molecule has 0 unspecified atom stereocenters. The van der Waals surface area contributed by atoms with Crippen LogP contribution in [0.5, 0.6) is 0 Å². The maximum atomic E-state index is 10.4. The first kappa shape index (κ1) is 11.6. The average molecular weight is 254 g/mol. The maximum Gasteiger partial charge on any atom is 0.269 e. The fourth-order valence-corrected chi connectivity index (χ4v) is 1.47. The van der Waals surface area contributed by atoms with Crippen LogP contribution < -0.4 is 0 Å². The van der Waals surface area contributed by atoms with Gasteiger partial charge >= 0.3 is 0 Å². The number of rotatable bonds is 2. The molecule has 1 aromatic carbocycles. The van der Waals surface area contributed by atoms with E-state index < -0.39 is 8.72 Å². The van der Waals surface area contributed by atoms with E-state index in [1.54, 1.807) is 12.1 Å². The summed E-state index contributed by atoms with van der Waals surface area (Å²) in [5.74, 6) is 0. The zero-order valence-corrected chi connectivity index (χ0v) is 9.18. The van der Waals surface area contributed by atoms with Crippen LogP contribution >= 0.6 is 34.8 Å². The van der Waals surface area contributed by atoms with E-state index >= 15 is 0 Å². The van der Waals surface area contributed by atoms with E-state index in [9.17, 15) is 10.1 Å². The molecule has 0 N–H and O–H groups in total. The highest BCUT2D eigenvalue weighted by Gasteiger charge is 2.21. The molecular formula is C8H6Cl3NO2. The lowest BCUT2D eigenvalue weighted by molar-refractivity contribution is -0.384.